The number of rotatable bonds is 2. The number of likely N-dealkylation sites (tertiary alicyclic amines) is 1. The molecule has 0 aromatic carbocycles. The van der Waals surface area contributed by atoms with Crippen molar-refractivity contribution in [1.29, 1.82) is 0 Å². The van der Waals surface area contributed by atoms with Crippen LogP contribution in [0, 0.1) is 0 Å². The van der Waals surface area contributed by atoms with Crippen molar-refractivity contribution in [3.63, 3.8) is 0 Å². The largest absolute Gasteiger partial charge is 0.396 e. The fourth-order valence-electron chi connectivity index (χ4n) is 2.67. The van der Waals surface area contributed by atoms with E-state index in [1.807, 2.05) is 18.3 Å². The number of piperidine rings is 1. The van der Waals surface area contributed by atoms with Crippen LogP contribution in [-0.2, 0) is 6.42 Å². The monoisotopic (exact) mass is 245 g/mol. The van der Waals surface area contributed by atoms with Gasteiger partial charge in [0.1, 0.15) is 0 Å². The lowest BCUT2D eigenvalue weighted by Gasteiger charge is -2.31. The fraction of sp³-hybridized carbons (Fsp3) is 0.538. The Hall–Kier alpha value is -1.62. The Morgan fingerprint density at radius 3 is 3.11 bits per heavy atom. The van der Waals surface area contributed by atoms with Gasteiger partial charge in [0.25, 0.3) is 0 Å². The summed E-state index contributed by atoms with van der Waals surface area (Å²) in [7, 11) is 2.19. The molecule has 2 N–H and O–H groups in total. The highest BCUT2D eigenvalue weighted by molar-refractivity contribution is 5.63. The molecule has 18 heavy (non-hydrogen) atoms. The number of likely N-dealkylation sites (N-methyl/N-ethyl adjacent to an activating group) is 1. The third-order valence-corrected chi connectivity index (χ3v) is 3.78. The number of aromatic nitrogens is 3. The van der Waals surface area contributed by atoms with Crippen molar-refractivity contribution >= 4 is 11.3 Å². The highest BCUT2D eigenvalue weighted by atomic mass is 15.3. The van der Waals surface area contributed by atoms with Crippen LogP contribution < -0.4 is 5.73 Å². The molecule has 1 unspecified atom stereocenters. The summed E-state index contributed by atoms with van der Waals surface area (Å²) in [5.74, 6) is 0.895. The predicted molar refractivity (Wildman–Crippen MR) is 71.4 cm³/mol. The third kappa shape index (κ3) is 2.06. The molecular formula is C13H19N5. The topological polar surface area (TPSA) is 59.5 Å². The first-order valence-corrected chi connectivity index (χ1v) is 6.54. The number of anilines is 1. The van der Waals surface area contributed by atoms with Gasteiger partial charge in [-0.3, -0.25) is 0 Å². The van der Waals surface area contributed by atoms with Crippen molar-refractivity contribution in [1.82, 2.24) is 19.5 Å². The number of nitrogens with zero attached hydrogens (tertiary/aromatic N) is 4. The van der Waals surface area contributed by atoms with Gasteiger partial charge in [0, 0.05) is 18.7 Å². The fourth-order valence-corrected chi connectivity index (χ4v) is 2.67. The Bertz CT molecular complexity index is 547. The van der Waals surface area contributed by atoms with Crippen LogP contribution in [-0.4, -0.2) is 39.1 Å². The highest BCUT2D eigenvalue weighted by Gasteiger charge is 2.21. The molecule has 0 amide bonds. The van der Waals surface area contributed by atoms with Crippen LogP contribution in [0.3, 0.4) is 0 Å². The van der Waals surface area contributed by atoms with Crippen LogP contribution in [0.2, 0.25) is 0 Å². The maximum atomic E-state index is 5.90. The lowest BCUT2D eigenvalue weighted by atomic mass is 10.00. The average molecular weight is 245 g/mol. The molecule has 5 heteroatoms. The summed E-state index contributed by atoms with van der Waals surface area (Å²) >= 11 is 0. The summed E-state index contributed by atoms with van der Waals surface area (Å²) in [6.45, 7) is 1.18. The van der Waals surface area contributed by atoms with E-state index in [2.05, 4.69) is 22.0 Å². The first kappa shape index (κ1) is 11.5. The molecule has 1 atom stereocenters. The highest BCUT2D eigenvalue weighted by Crippen LogP contribution is 2.19. The molecule has 0 radical (unpaired) electrons. The summed E-state index contributed by atoms with van der Waals surface area (Å²) in [6.07, 6.45) is 6.66. The molecule has 0 bridgehead atoms. The zero-order valence-corrected chi connectivity index (χ0v) is 10.7. The zero-order valence-electron chi connectivity index (χ0n) is 10.7. The molecule has 2 aromatic heterocycles. The molecule has 96 valence electrons. The van der Waals surface area contributed by atoms with E-state index in [-0.39, 0.29) is 0 Å². The lowest BCUT2D eigenvalue weighted by Crippen LogP contribution is -2.37. The van der Waals surface area contributed by atoms with E-state index >= 15 is 0 Å². The molecule has 3 rings (SSSR count). The zero-order chi connectivity index (χ0) is 12.5. The summed E-state index contributed by atoms with van der Waals surface area (Å²) in [5.41, 5.74) is 7.35. The number of pyridine rings is 1. The van der Waals surface area contributed by atoms with Gasteiger partial charge in [0.05, 0.1) is 5.69 Å². The van der Waals surface area contributed by atoms with Crippen molar-refractivity contribution < 1.29 is 0 Å². The second kappa shape index (κ2) is 4.57. The molecule has 0 aliphatic carbocycles. The van der Waals surface area contributed by atoms with E-state index in [0.717, 1.165) is 17.9 Å². The quantitative estimate of drug-likeness (QED) is 0.867. The van der Waals surface area contributed by atoms with Crippen LogP contribution in [0.1, 0.15) is 25.1 Å². The Morgan fingerprint density at radius 2 is 2.33 bits per heavy atom. The molecule has 0 saturated carbocycles. The summed E-state index contributed by atoms with van der Waals surface area (Å²) < 4.78 is 1.77. The van der Waals surface area contributed by atoms with E-state index in [0.29, 0.717) is 11.7 Å². The van der Waals surface area contributed by atoms with Crippen molar-refractivity contribution in [2.45, 2.75) is 31.7 Å². The van der Waals surface area contributed by atoms with Gasteiger partial charge in [0.2, 0.25) is 0 Å². The minimum Gasteiger partial charge on any atom is -0.396 e. The predicted octanol–water partition coefficient (Wildman–Crippen LogP) is 1.34. The molecule has 5 nitrogen and oxygen atoms in total. The van der Waals surface area contributed by atoms with Crippen LogP contribution in [0.15, 0.2) is 18.3 Å². The maximum absolute atomic E-state index is 5.90. The van der Waals surface area contributed by atoms with E-state index in [4.69, 9.17) is 5.73 Å². The number of hydrogen-bond donors (Lipinski definition) is 1. The maximum Gasteiger partial charge on any atom is 0.178 e. The Balaban J connectivity index is 1.84. The summed E-state index contributed by atoms with van der Waals surface area (Å²) in [5, 5.41) is 4.50. The minimum atomic E-state index is 0.567. The van der Waals surface area contributed by atoms with Gasteiger partial charge in [0.15, 0.2) is 11.5 Å². The number of hydrogen-bond acceptors (Lipinski definition) is 4. The van der Waals surface area contributed by atoms with Crippen LogP contribution in [0.4, 0.5) is 5.69 Å². The van der Waals surface area contributed by atoms with Crippen LogP contribution in [0.25, 0.3) is 5.65 Å². The van der Waals surface area contributed by atoms with Crippen molar-refractivity contribution in [2.24, 2.45) is 0 Å². The smallest absolute Gasteiger partial charge is 0.178 e. The summed E-state index contributed by atoms with van der Waals surface area (Å²) in [4.78, 5) is 6.96. The van der Waals surface area contributed by atoms with Gasteiger partial charge in [-0.2, -0.15) is 5.10 Å². The molecule has 3 heterocycles. The molecule has 1 fully saturated rings. The molecule has 0 spiro atoms. The Kier molecular flexibility index (Phi) is 2.91. The number of nitrogens with two attached hydrogens (primary N) is 1. The van der Waals surface area contributed by atoms with E-state index in [9.17, 15) is 0 Å². The Labute approximate surface area is 107 Å². The normalized spacial score (nSPS) is 21.5. The van der Waals surface area contributed by atoms with Crippen LogP contribution >= 0.6 is 0 Å². The lowest BCUT2D eigenvalue weighted by molar-refractivity contribution is 0.182. The van der Waals surface area contributed by atoms with Gasteiger partial charge in [-0.05, 0) is 38.6 Å². The molecule has 1 saturated heterocycles. The van der Waals surface area contributed by atoms with E-state index in [1.54, 1.807) is 4.52 Å². The van der Waals surface area contributed by atoms with Gasteiger partial charge in [-0.25, -0.2) is 9.50 Å². The van der Waals surface area contributed by atoms with Crippen LogP contribution in [0.5, 0.6) is 0 Å². The van der Waals surface area contributed by atoms with Gasteiger partial charge >= 0.3 is 0 Å². The molecule has 1 aliphatic rings. The van der Waals surface area contributed by atoms with Crippen molar-refractivity contribution in [2.75, 3.05) is 19.3 Å². The first-order valence-electron chi connectivity index (χ1n) is 6.54. The first-order chi connectivity index (χ1) is 8.74. The van der Waals surface area contributed by atoms with Crippen molar-refractivity contribution in [3.05, 3.63) is 24.2 Å². The summed E-state index contributed by atoms with van der Waals surface area (Å²) in [6, 6.07) is 4.33. The average Bonchev–Trinajstić information content (AvgIpc) is 2.76. The number of fused-ring (bicyclic) bond motifs is 1. The van der Waals surface area contributed by atoms with E-state index < -0.39 is 0 Å². The molecule has 1 aliphatic heterocycles. The molecule has 2 aromatic rings. The molecular weight excluding hydrogens is 226 g/mol. The van der Waals surface area contributed by atoms with Gasteiger partial charge < -0.3 is 10.6 Å². The SMILES string of the molecule is CN1CCCCC1Cc1nc2c(N)cccn2n1. The van der Waals surface area contributed by atoms with E-state index in [1.165, 1.54) is 25.8 Å². The van der Waals surface area contributed by atoms with Gasteiger partial charge in [-0.15, -0.1) is 0 Å². The van der Waals surface area contributed by atoms with Gasteiger partial charge in [-0.1, -0.05) is 6.42 Å². The minimum absolute atomic E-state index is 0.567. The van der Waals surface area contributed by atoms with Crippen molar-refractivity contribution in [3.8, 4) is 0 Å². The Morgan fingerprint density at radius 1 is 1.44 bits per heavy atom. The third-order valence-electron chi connectivity index (χ3n) is 3.78. The second-order valence-electron chi connectivity index (χ2n) is 5.09. The second-order valence-corrected chi connectivity index (χ2v) is 5.09. The number of nitrogen functional groups attached to an aromatic ring is 1. The standard InChI is InChI=1S/C13H19N5/c1-17-7-3-2-5-10(17)9-12-15-13-11(14)6-4-8-18(13)16-12/h4,6,8,10H,2-3,5,7,9,14H2,1H3.